The van der Waals surface area contributed by atoms with Crippen LogP contribution >= 0.6 is 11.8 Å². The van der Waals surface area contributed by atoms with Gasteiger partial charge in [-0.15, -0.1) is 10.2 Å². The van der Waals surface area contributed by atoms with Gasteiger partial charge in [-0.2, -0.15) is 0 Å². The fraction of sp³-hybridized carbons (Fsp3) is 0.120. The van der Waals surface area contributed by atoms with Crippen LogP contribution in [0.15, 0.2) is 78.0 Å². The largest absolute Gasteiger partial charge is 0.325 e. The number of nitrogens with one attached hydrogen (secondary N) is 2. The molecule has 2 amide bonds. The standard InChI is InChI=1S/C25H22FN5O2S/c1-16-5-3-4-6-21(16)24(33)28-20-11-7-17(8-12-20)23-29-30-25(31(23)2)34-15-22(32)27-19-13-9-18(26)10-14-19/h3-14H,15H2,1-2H3,(H,27,32)(H,28,33). The maximum Gasteiger partial charge on any atom is 0.255 e. The van der Waals surface area contributed by atoms with Gasteiger partial charge in [0.15, 0.2) is 11.0 Å². The second kappa shape index (κ2) is 10.3. The lowest BCUT2D eigenvalue weighted by molar-refractivity contribution is -0.113. The van der Waals surface area contributed by atoms with Gasteiger partial charge in [0.2, 0.25) is 5.91 Å². The quantitative estimate of drug-likeness (QED) is 0.371. The van der Waals surface area contributed by atoms with E-state index in [9.17, 15) is 14.0 Å². The molecule has 0 unspecified atom stereocenters. The number of anilines is 2. The summed E-state index contributed by atoms with van der Waals surface area (Å²) in [5.41, 5.74) is 3.56. The van der Waals surface area contributed by atoms with Crippen LogP contribution in [0.2, 0.25) is 0 Å². The molecule has 0 saturated carbocycles. The zero-order chi connectivity index (χ0) is 24.1. The number of nitrogens with zero attached hydrogens (tertiary/aromatic N) is 3. The third kappa shape index (κ3) is 5.49. The minimum atomic E-state index is -0.360. The average molecular weight is 476 g/mol. The molecule has 0 bridgehead atoms. The maximum atomic E-state index is 13.0. The van der Waals surface area contributed by atoms with E-state index in [0.717, 1.165) is 11.1 Å². The van der Waals surface area contributed by atoms with Crippen LogP contribution in [0, 0.1) is 12.7 Å². The predicted molar refractivity (Wildman–Crippen MR) is 131 cm³/mol. The first-order valence-corrected chi connectivity index (χ1v) is 11.4. The molecule has 0 aliphatic carbocycles. The molecule has 1 aromatic heterocycles. The first kappa shape index (κ1) is 23.2. The van der Waals surface area contributed by atoms with Gasteiger partial charge in [-0.25, -0.2) is 4.39 Å². The highest BCUT2D eigenvalue weighted by Crippen LogP contribution is 2.24. The van der Waals surface area contributed by atoms with Crippen molar-refractivity contribution in [3.8, 4) is 11.4 Å². The summed E-state index contributed by atoms with van der Waals surface area (Å²) in [7, 11) is 1.82. The van der Waals surface area contributed by atoms with Crippen molar-refractivity contribution in [3.05, 3.63) is 89.7 Å². The smallest absolute Gasteiger partial charge is 0.255 e. The summed E-state index contributed by atoms with van der Waals surface area (Å²) in [4.78, 5) is 24.7. The summed E-state index contributed by atoms with van der Waals surface area (Å²) in [6.45, 7) is 1.90. The molecular weight excluding hydrogens is 453 g/mol. The number of carbonyl (C=O) groups excluding carboxylic acids is 2. The third-order valence-corrected chi connectivity index (χ3v) is 6.11. The average Bonchev–Trinajstić information content (AvgIpc) is 3.20. The number of hydrogen-bond acceptors (Lipinski definition) is 5. The van der Waals surface area contributed by atoms with E-state index in [1.54, 1.807) is 10.6 Å². The molecule has 0 radical (unpaired) electrons. The molecule has 7 nitrogen and oxygen atoms in total. The Hall–Kier alpha value is -3.98. The molecule has 0 aliphatic rings. The molecule has 34 heavy (non-hydrogen) atoms. The molecule has 4 rings (SSSR count). The third-order valence-electron chi connectivity index (χ3n) is 5.09. The first-order valence-electron chi connectivity index (χ1n) is 10.5. The molecule has 1 heterocycles. The monoisotopic (exact) mass is 475 g/mol. The summed E-state index contributed by atoms with van der Waals surface area (Å²) in [5, 5.41) is 14.6. The molecular formula is C25H22FN5O2S. The van der Waals surface area contributed by atoms with E-state index in [0.29, 0.717) is 27.9 Å². The minimum Gasteiger partial charge on any atom is -0.325 e. The Morgan fingerprint density at radius 1 is 0.912 bits per heavy atom. The van der Waals surface area contributed by atoms with Crippen molar-refractivity contribution in [2.24, 2.45) is 7.05 Å². The molecule has 0 spiro atoms. The van der Waals surface area contributed by atoms with Crippen LogP contribution in [-0.4, -0.2) is 32.3 Å². The normalized spacial score (nSPS) is 10.7. The molecule has 0 aliphatic heterocycles. The second-order valence-electron chi connectivity index (χ2n) is 7.56. The molecule has 172 valence electrons. The van der Waals surface area contributed by atoms with Crippen molar-refractivity contribution >= 4 is 35.0 Å². The van der Waals surface area contributed by atoms with E-state index in [-0.39, 0.29) is 23.4 Å². The highest BCUT2D eigenvalue weighted by molar-refractivity contribution is 7.99. The van der Waals surface area contributed by atoms with Gasteiger partial charge >= 0.3 is 0 Å². The van der Waals surface area contributed by atoms with Gasteiger partial charge in [-0.3, -0.25) is 9.59 Å². The summed E-state index contributed by atoms with van der Waals surface area (Å²) < 4.78 is 14.8. The number of hydrogen-bond donors (Lipinski definition) is 2. The van der Waals surface area contributed by atoms with Crippen LogP contribution in [-0.2, 0) is 11.8 Å². The Labute approximate surface area is 200 Å². The lowest BCUT2D eigenvalue weighted by Gasteiger charge is -2.09. The van der Waals surface area contributed by atoms with Crippen LogP contribution in [0.25, 0.3) is 11.4 Å². The van der Waals surface area contributed by atoms with Crippen molar-refractivity contribution in [1.29, 1.82) is 0 Å². The predicted octanol–water partition coefficient (Wildman–Crippen LogP) is 4.91. The number of benzene rings is 3. The van der Waals surface area contributed by atoms with Gasteiger partial charge < -0.3 is 15.2 Å². The van der Waals surface area contributed by atoms with Gasteiger partial charge in [0.25, 0.3) is 5.91 Å². The number of carbonyl (C=O) groups is 2. The Bertz CT molecular complexity index is 1320. The molecule has 9 heteroatoms. The van der Waals surface area contributed by atoms with E-state index >= 15 is 0 Å². The molecule has 0 atom stereocenters. The van der Waals surface area contributed by atoms with Crippen LogP contribution < -0.4 is 10.6 Å². The zero-order valence-electron chi connectivity index (χ0n) is 18.6. The SMILES string of the molecule is Cc1ccccc1C(=O)Nc1ccc(-c2nnc(SCC(=O)Nc3ccc(F)cc3)n2C)cc1. The summed E-state index contributed by atoms with van der Waals surface area (Å²) in [6.07, 6.45) is 0. The zero-order valence-corrected chi connectivity index (χ0v) is 19.4. The second-order valence-corrected chi connectivity index (χ2v) is 8.50. The fourth-order valence-electron chi connectivity index (χ4n) is 3.28. The van der Waals surface area contributed by atoms with Gasteiger partial charge in [-0.05, 0) is 67.1 Å². The minimum absolute atomic E-state index is 0.132. The summed E-state index contributed by atoms with van der Waals surface area (Å²) in [5.74, 6) is 0.0173. The van der Waals surface area contributed by atoms with Gasteiger partial charge in [0.05, 0.1) is 5.75 Å². The number of thioether (sulfide) groups is 1. The molecule has 4 aromatic rings. The van der Waals surface area contributed by atoms with Crippen molar-refractivity contribution in [2.75, 3.05) is 16.4 Å². The summed E-state index contributed by atoms with van der Waals surface area (Å²) in [6, 6.07) is 20.3. The molecule has 3 aromatic carbocycles. The number of aryl methyl sites for hydroxylation is 1. The first-order chi connectivity index (χ1) is 16.4. The Balaban J connectivity index is 1.37. The molecule has 0 saturated heterocycles. The van der Waals surface area contributed by atoms with Crippen molar-refractivity contribution in [1.82, 2.24) is 14.8 Å². The van der Waals surface area contributed by atoms with Crippen LogP contribution in [0.4, 0.5) is 15.8 Å². The number of halogens is 1. The van der Waals surface area contributed by atoms with Crippen molar-refractivity contribution in [2.45, 2.75) is 12.1 Å². The van der Waals surface area contributed by atoms with E-state index in [1.807, 2.05) is 56.4 Å². The van der Waals surface area contributed by atoms with Gasteiger partial charge in [-0.1, -0.05) is 30.0 Å². The van der Waals surface area contributed by atoms with E-state index in [2.05, 4.69) is 20.8 Å². The Morgan fingerprint density at radius 2 is 1.56 bits per heavy atom. The summed E-state index contributed by atoms with van der Waals surface area (Å²) >= 11 is 1.25. The van der Waals surface area contributed by atoms with Crippen molar-refractivity contribution in [3.63, 3.8) is 0 Å². The van der Waals surface area contributed by atoms with E-state index in [1.165, 1.54) is 36.0 Å². The van der Waals surface area contributed by atoms with Crippen LogP contribution in [0.5, 0.6) is 0 Å². The van der Waals surface area contributed by atoms with E-state index in [4.69, 9.17) is 0 Å². The van der Waals surface area contributed by atoms with Crippen LogP contribution in [0.1, 0.15) is 15.9 Å². The van der Waals surface area contributed by atoms with Crippen LogP contribution in [0.3, 0.4) is 0 Å². The molecule has 2 N–H and O–H groups in total. The number of aromatic nitrogens is 3. The Kier molecular flexibility index (Phi) is 7.03. The fourth-order valence-corrected chi connectivity index (χ4v) is 3.99. The topological polar surface area (TPSA) is 88.9 Å². The van der Waals surface area contributed by atoms with Crippen molar-refractivity contribution < 1.29 is 14.0 Å². The van der Waals surface area contributed by atoms with Gasteiger partial charge in [0, 0.05) is 29.5 Å². The maximum absolute atomic E-state index is 13.0. The molecule has 0 fully saturated rings. The van der Waals surface area contributed by atoms with Gasteiger partial charge in [0.1, 0.15) is 5.82 Å². The van der Waals surface area contributed by atoms with E-state index < -0.39 is 0 Å². The number of rotatable bonds is 7. The Morgan fingerprint density at radius 3 is 2.26 bits per heavy atom. The highest BCUT2D eigenvalue weighted by atomic mass is 32.2. The lowest BCUT2D eigenvalue weighted by atomic mass is 10.1. The number of amides is 2. The highest BCUT2D eigenvalue weighted by Gasteiger charge is 2.14. The lowest BCUT2D eigenvalue weighted by Crippen LogP contribution is -2.14.